The Hall–Kier alpha value is -1.96. The zero-order valence-corrected chi connectivity index (χ0v) is 17.8. The monoisotopic (exact) mass is 438 g/mol. The standard InChI is InChI=1S/C21H24ClFN2O3S/c1-29(27,28)25(20-8-6-19(23)7-9-20)15-14-24-12-10-17(11-13-24)21(26)16-2-4-18(22)5-3-16/h2-9,17H,10-15H2,1H3. The molecule has 5 nitrogen and oxygen atoms in total. The number of carbonyl (C=O) groups excluding carboxylic acids is 1. The second kappa shape index (κ2) is 9.24. The van der Waals surface area contributed by atoms with E-state index in [0.717, 1.165) is 32.2 Å². The number of benzene rings is 2. The smallest absolute Gasteiger partial charge is 0.232 e. The lowest BCUT2D eigenvalue weighted by Gasteiger charge is -2.33. The van der Waals surface area contributed by atoms with E-state index in [1.165, 1.54) is 28.6 Å². The van der Waals surface area contributed by atoms with Crippen LogP contribution in [0, 0.1) is 11.7 Å². The summed E-state index contributed by atoms with van der Waals surface area (Å²) in [6, 6.07) is 12.4. The van der Waals surface area contributed by atoms with Crippen LogP contribution >= 0.6 is 11.6 Å². The number of likely N-dealkylation sites (tertiary alicyclic amines) is 1. The molecule has 1 heterocycles. The SMILES string of the molecule is CS(=O)(=O)N(CCN1CCC(C(=O)c2ccc(Cl)cc2)CC1)c1ccc(F)cc1. The number of hydrogen-bond acceptors (Lipinski definition) is 4. The Morgan fingerprint density at radius 2 is 1.69 bits per heavy atom. The van der Waals surface area contributed by atoms with Crippen LogP contribution < -0.4 is 4.31 Å². The predicted molar refractivity (Wildman–Crippen MR) is 114 cm³/mol. The van der Waals surface area contributed by atoms with Crippen LogP contribution in [0.15, 0.2) is 48.5 Å². The van der Waals surface area contributed by atoms with E-state index in [-0.39, 0.29) is 18.2 Å². The van der Waals surface area contributed by atoms with Crippen molar-refractivity contribution in [3.8, 4) is 0 Å². The van der Waals surface area contributed by atoms with E-state index < -0.39 is 15.8 Å². The number of ketones is 1. The molecule has 1 aliphatic rings. The van der Waals surface area contributed by atoms with Crippen LogP contribution in [0.2, 0.25) is 5.02 Å². The van der Waals surface area contributed by atoms with Gasteiger partial charge in [0.15, 0.2) is 5.78 Å². The Kier molecular flexibility index (Phi) is 6.93. The highest BCUT2D eigenvalue weighted by atomic mass is 35.5. The minimum absolute atomic E-state index is 0.0319. The molecule has 2 aromatic carbocycles. The number of halogens is 2. The van der Waals surface area contributed by atoms with E-state index >= 15 is 0 Å². The van der Waals surface area contributed by atoms with Gasteiger partial charge in [-0.1, -0.05) is 11.6 Å². The number of piperidine rings is 1. The summed E-state index contributed by atoms with van der Waals surface area (Å²) in [5.41, 5.74) is 1.12. The first-order valence-corrected chi connectivity index (χ1v) is 11.7. The van der Waals surface area contributed by atoms with Gasteiger partial charge in [0.1, 0.15) is 5.82 Å². The summed E-state index contributed by atoms with van der Waals surface area (Å²) in [5.74, 6) is -0.310. The van der Waals surface area contributed by atoms with Crippen LogP contribution in [0.1, 0.15) is 23.2 Å². The molecule has 1 aliphatic heterocycles. The molecule has 0 atom stereocenters. The molecule has 0 aromatic heterocycles. The van der Waals surface area contributed by atoms with Crippen molar-refractivity contribution in [2.45, 2.75) is 12.8 Å². The van der Waals surface area contributed by atoms with Crippen molar-refractivity contribution >= 4 is 33.1 Å². The van der Waals surface area contributed by atoms with Gasteiger partial charge in [-0.25, -0.2) is 12.8 Å². The molecule has 0 bridgehead atoms. The topological polar surface area (TPSA) is 57.7 Å². The Morgan fingerprint density at radius 3 is 2.24 bits per heavy atom. The van der Waals surface area contributed by atoms with Gasteiger partial charge in [-0.15, -0.1) is 0 Å². The maximum absolute atomic E-state index is 13.2. The van der Waals surface area contributed by atoms with Gasteiger partial charge >= 0.3 is 0 Å². The molecular weight excluding hydrogens is 415 g/mol. The summed E-state index contributed by atoms with van der Waals surface area (Å²) in [4.78, 5) is 14.8. The second-order valence-corrected chi connectivity index (χ2v) is 9.64. The molecule has 0 amide bonds. The van der Waals surface area contributed by atoms with Crippen LogP contribution in [-0.4, -0.2) is 51.5 Å². The molecule has 29 heavy (non-hydrogen) atoms. The van der Waals surface area contributed by atoms with Gasteiger partial charge in [0.25, 0.3) is 0 Å². The predicted octanol–water partition coefficient (Wildman–Crippen LogP) is 3.84. The lowest BCUT2D eigenvalue weighted by molar-refractivity contribution is 0.0843. The molecule has 1 fully saturated rings. The minimum Gasteiger partial charge on any atom is -0.301 e. The number of Topliss-reactive ketones (excluding diaryl/α,β-unsaturated/α-hetero) is 1. The van der Waals surface area contributed by atoms with Gasteiger partial charge in [0, 0.05) is 29.6 Å². The van der Waals surface area contributed by atoms with E-state index in [1.54, 1.807) is 24.3 Å². The molecule has 1 saturated heterocycles. The first-order valence-electron chi connectivity index (χ1n) is 9.49. The Morgan fingerprint density at radius 1 is 1.10 bits per heavy atom. The summed E-state index contributed by atoms with van der Waals surface area (Å²) in [6.07, 6.45) is 2.61. The largest absolute Gasteiger partial charge is 0.301 e. The van der Waals surface area contributed by atoms with Crippen molar-refractivity contribution in [1.82, 2.24) is 4.90 Å². The van der Waals surface area contributed by atoms with Gasteiger partial charge in [0.05, 0.1) is 11.9 Å². The number of rotatable bonds is 7. The van der Waals surface area contributed by atoms with Gasteiger partial charge in [0.2, 0.25) is 10.0 Å². The number of carbonyl (C=O) groups is 1. The van der Waals surface area contributed by atoms with E-state index in [0.29, 0.717) is 22.8 Å². The summed E-state index contributed by atoms with van der Waals surface area (Å²) in [5, 5.41) is 0.605. The van der Waals surface area contributed by atoms with Crippen molar-refractivity contribution in [2.75, 3.05) is 36.7 Å². The van der Waals surface area contributed by atoms with Gasteiger partial charge < -0.3 is 4.90 Å². The van der Waals surface area contributed by atoms with E-state index in [4.69, 9.17) is 11.6 Å². The van der Waals surface area contributed by atoms with Crippen molar-refractivity contribution in [1.29, 1.82) is 0 Å². The number of sulfonamides is 1. The lowest BCUT2D eigenvalue weighted by atomic mass is 9.89. The maximum Gasteiger partial charge on any atom is 0.232 e. The molecule has 0 radical (unpaired) electrons. The zero-order valence-electron chi connectivity index (χ0n) is 16.2. The number of nitrogens with zero attached hydrogens (tertiary/aromatic N) is 2. The van der Waals surface area contributed by atoms with Crippen LogP contribution in [0.3, 0.4) is 0 Å². The number of hydrogen-bond donors (Lipinski definition) is 0. The van der Waals surface area contributed by atoms with Crippen LogP contribution in [-0.2, 0) is 10.0 Å². The molecule has 8 heteroatoms. The third-order valence-corrected chi connectivity index (χ3v) is 6.67. The molecule has 0 saturated carbocycles. The highest BCUT2D eigenvalue weighted by Crippen LogP contribution is 2.23. The highest BCUT2D eigenvalue weighted by molar-refractivity contribution is 7.92. The van der Waals surface area contributed by atoms with Crippen molar-refractivity contribution in [3.63, 3.8) is 0 Å². The first-order chi connectivity index (χ1) is 13.7. The van der Waals surface area contributed by atoms with E-state index in [2.05, 4.69) is 4.90 Å². The molecule has 3 rings (SSSR count). The first kappa shape index (κ1) is 21.7. The van der Waals surface area contributed by atoms with Gasteiger partial charge in [-0.3, -0.25) is 9.10 Å². The summed E-state index contributed by atoms with van der Waals surface area (Å²) in [7, 11) is -3.48. The molecule has 0 spiro atoms. The second-order valence-electron chi connectivity index (χ2n) is 7.30. The average Bonchev–Trinajstić information content (AvgIpc) is 2.69. The average molecular weight is 439 g/mol. The van der Waals surface area contributed by atoms with E-state index in [9.17, 15) is 17.6 Å². The van der Waals surface area contributed by atoms with Crippen LogP contribution in [0.4, 0.5) is 10.1 Å². The summed E-state index contributed by atoms with van der Waals surface area (Å²) >= 11 is 5.88. The minimum atomic E-state index is -3.48. The Balaban J connectivity index is 1.56. The fourth-order valence-electron chi connectivity index (χ4n) is 3.59. The lowest BCUT2D eigenvalue weighted by Crippen LogP contribution is -2.42. The molecule has 0 aliphatic carbocycles. The summed E-state index contributed by atoms with van der Waals surface area (Å²) in [6.45, 7) is 2.28. The fourth-order valence-corrected chi connectivity index (χ4v) is 4.64. The molecule has 156 valence electrons. The highest BCUT2D eigenvalue weighted by Gasteiger charge is 2.26. The normalized spacial score (nSPS) is 16.0. The van der Waals surface area contributed by atoms with Crippen molar-refractivity contribution in [2.24, 2.45) is 5.92 Å². The van der Waals surface area contributed by atoms with Crippen molar-refractivity contribution < 1.29 is 17.6 Å². The van der Waals surface area contributed by atoms with Gasteiger partial charge in [-0.05, 0) is 74.5 Å². The van der Waals surface area contributed by atoms with Crippen LogP contribution in [0.5, 0.6) is 0 Å². The van der Waals surface area contributed by atoms with Crippen LogP contribution in [0.25, 0.3) is 0 Å². The molecular formula is C21H24ClFN2O3S. The molecule has 2 aromatic rings. The van der Waals surface area contributed by atoms with Gasteiger partial charge in [-0.2, -0.15) is 0 Å². The molecule has 0 unspecified atom stereocenters. The number of anilines is 1. The van der Waals surface area contributed by atoms with Crippen molar-refractivity contribution in [3.05, 3.63) is 64.9 Å². The Bertz CT molecular complexity index is 941. The third-order valence-electron chi connectivity index (χ3n) is 5.22. The maximum atomic E-state index is 13.2. The summed E-state index contributed by atoms with van der Waals surface area (Å²) < 4.78 is 38.8. The quantitative estimate of drug-likeness (QED) is 0.616. The third kappa shape index (κ3) is 5.78. The molecule has 0 N–H and O–H groups in total. The fraction of sp³-hybridized carbons (Fsp3) is 0.381. The Labute approximate surface area is 176 Å². The van der Waals surface area contributed by atoms with E-state index in [1.807, 2.05) is 0 Å². The zero-order chi connectivity index (χ0) is 21.0.